The van der Waals surface area contributed by atoms with Gasteiger partial charge in [-0.3, -0.25) is 4.98 Å². The van der Waals surface area contributed by atoms with Gasteiger partial charge in [0, 0.05) is 22.5 Å². The highest BCUT2D eigenvalue weighted by Gasteiger charge is 2.14. The van der Waals surface area contributed by atoms with Gasteiger partial charge in [-0.1, -0.05) is 34.1 Å². The standard InChI is InChI=1S/C17H13BrFNO/c18-12-5-6-15(19)11(9-12)10-17(21)14-7-8-20-16-4-2-1-3-13(14)16/h1-9,17,21H,10H2. The fourth-order valence-corrected chi connectivity index (χ4v) is 2.84. The summed E-state index contributed by atoms with van der Waals surface area (Å²) in [4.78, 5) is 4.27. The molecule has 0 radical (unpaired) electrons. The number of hydrogen-bond donors (Lipinski definition) is 1. The fraction of sp³-hybridized carbons (Fsp3) is 0.118. The molecule has 0 aliphatic rings. The lowest BCUT2D eigenvalue weighted by molar-refractivity contribution is 0.178. The number of aliphatic hydroxyl groups excluding tert-OH is 1. The average molecular weight is 346 g/mol. The van der Waals surface area contributed by atoms with Gasteiger partial charge in [-0.05, 0) is 41.5 Å². The minimum Gasteiger partial charge on any atom is -0.388 e. The van der Waals surface area contributed by atoms with Gasteiger partial charge in [0.15, 0.2) is 0 Å². The molecule has 0 saturated carbocycles. The Hall–Kier alpha value is -1.78. The lowest BCUT2D eigenvalue weighted by Crippen LogP contribution is -2.04. The van der Waals surface area contributed by atoms with Crippen LogP contribution in [0, 0.1) is 5.82 Å². The van der Waals surface area contributed by atoms with Crippen LogP contribution in [0.25, 0.3) is 10.9 Å². The van der Waals surface area contributed by atoms with Gasteiger partial charge in [-0.2, -0.15) is 0 Å². The molecule has 106 valence electrons. The molecule has 1 N–H and O–H groups in total. The molecule has 0 fully saturated rings. The van der Waals surface area contributed by atoms with Gasteiger partial charge < -0.3 is 5.11 Å². The number of halogens is 2. The molecule has 4 heteroatoms. The van der Waals surface area contributed by atoms with Crippen LogP contribution in [0.15, 0.2) is 59.2 Å². The van der Waals surface area contributed by atoms with Gasteiger partial charge in [0.25, 0.3) is 0 Å². The summed E-state index contributed by atoms with van der Waals surface area (Å²) in [6, 6.07) is 14.1. The summed E-state index contributed by atoms with van der Waals surface area (Å²) in [7, 11) is 0. The molecule has 0 saturated heterocycles. The third kappa shape index (κ3) is 2.96. The van der Waals surface area contributed by atoms with Crippen LogP contribution >= 0.6 is 15.9 Å². The van der Waals surface area contributed by atoms with Crippen molar-refractivity contribution >= 4 is 26.8 Å². The summed E-state index contributed by atoms with van der Waals surface area (Å²) >= 11 is 3.32. The third-order valence-corrected chi connectivity index (χ3v) is 3.96. The van der Waals surface area contributed by atoms with Crippen LogP contribution in [0.1, 0.15) is 17.2 Å². The van der Waals surface area contributed by atoms with Gasteiger partial charge >= 0.3 is 0 Å². The van der Waals surface area contributed by atoms with Crippen molar-refractivity contribution in [2.45, 2.75) is 12.5 Å². The first-order chi connectivity index (χ1) is 10.1. The Kier molecular flexibility index (Phi) is 3.99. The first-order valence-electron chi connectivity index (χ1n) is 6.61. The Balaban J connectivity index is 1.97. The van der Waals surface area contributed by atoms with Gasteiger partial charge in [0.2, 0.25) is 0 Å². The van der Waals surface area contributed by atoms with Crippen LogP contribution in [0.5, 0.6) is 0 Å². The van der Waals surface area contributed by atoms with E-state index in [1.165, 1.54) is 6.07 Å². The molecule has 2 nitrogen and oxygen atoms in total. The van der Waals surface area contributed by atoms with E-state index in [1.54, 1.807) is 24.4 Å². The number of pyridine rings is 1. The minimum absolute atomic E-state index is 0.222. The molecule has 1 aromatic heterocycles. The number of nitrogens with zero attached hydrogens (tertiary/aromatic N) is 1. The third-order valence-electron chi connectivity index (χ3n) is 3.46. The average Bonchev–Trinajstić information content (AvgIpc) is 2.50. The molecular weight excluding hydrogens is 333 g/mol. The zero-order valence-corrected chi connectivity index (χ0v) is 12.7. The highest BCUT2D eigenvalue weighted by atomic mass is 79.9. The van der Waals surface area contributed by atoms with Crippen LogP contribution in [0.3, 0.4) is 0 Å². The van der Waals surface area contributed by atoms with Crippen LogP contribution in [0.2, 0.25) is 0 Å². The van der Waals surface area contributed by atoms with E-state index in [9.17, 15) is 9.50 Å². The maximum atomic E-state index is 13.8. The quantitative estimate of drug-likeness (QED) is 0.762. The zero-order valence-electron chi connectivity index (χ0n) is 11.1. The predicted octanol–water partition coefficient (Wildman–Crippen LogP) is 4.41. The topological polar surface area (TPSA) is 33.1 Å². The zero-order chi connectivity index (χ0) is 14.8. The second-order valence-electron chi connectivity index (χ2n) is 4.87. The SMILES string of the molecule is OC(Cc1cc(Br)ccc1F)c1ccnc2ccccc12. The summed E-state index contributed by atoms with van der Waals surface area (Å²) in [5, 5.41) is 11.4. The molecule has 2 aromatic carbocycles. The van der Waals surface area contributed by atoms with Gasteiger partial charge in [-0.25, -0.2) is 4.39 Å². The Morgan fingerprint density at radius 3 is 2.81 bits per heavy atom. The molecule has 21 heavy (non-hydrogen) atoms. The van der Waals surface area contributed by atoms with Crippen molar-refractivity contribution < 1.29 is 9.50 Å². The molecule has 0 aliphatic heterocycles. The Labute approximate surface area is 130 Å². The molecule has 0 amide bonds. The van der Waals surface area contributed by atoms with Crippen molar-refractivity contribution in [2.75, 3.05) is 0 Å². The van der Waals surface area contributed by atoms with E-state index in [0.29, 0.717) is 5.56 Å². The van der Waals surface area contributed by atoms with Crippen molar-refractivity contribution in [2.24, 2.45) is 0 Å². The number of aliphatic hydroxyl groups is 1. The number of para-hydroxylation sites is 1. The molecule has 3 rings (SSSR count). The molecule has 0 spiro atoms. The van der Waals surface area contributed by atoms with Crippen molar-refractivity contribution in [1.29, 1.82) is 0 Å². The maximum Gasteiger partial charge on any atom is 0.126 e. The van der Waals surface area contributed by atoms with Gasteiger partial charge in [0.05, 0.1) is 11.6 Å². The van der Waals surface area contributed by atoms with E-state index < -0.39 is 6.10 Å². The van der Waals surface area contributed by atoms with Crippen LogP contribution in [-0.4, -0.2) is 10.1 Å². The molecule has 1 atom stereocenters. The van der Waals surface area contributed by atoms with Crippen LogP contribution in [-0.2, 0) is 6.42 Å². The second kappa shape index (κ2) is 5.92. The fourth-order valence-electron chi connectivity index (χ4n) is 2.43. The Morgan fingerprint density at radius 1 is 1.14 bits per heavy atom. The lowest BCUT2D eigenvalue weighted by Gasteiger charge is -2.14. The predicted molar refractivity (Wildman–Crippen MR) is 84.5 cm³/mol. The number of fused-ring (bicyclic) bond motifs is 1. The van der Waals surface area contributed by atoms with Gasteiger partial charge in [0.1, 0.15) is 5.82 Å². The first-order valence-corrected chi connectivity index (χ1v) is 7.40. The number of benzene rings is 2. The molecular formula is C17H13BrFNO. The van der Waals surface area contributed by atoms with Crippen molar-refractivity contribution in [3.63, 3.8) is 0 Å². The van der Waals surface area contributed by atoms with Crippen molar-refractivity contribution in [1.82, 2.24) is 4.98 Å². The largest absolute Gasteiger partial charge is 0.388 e. The van der Waals surface area contributed by atoms with Crippen LogP contribution in [0.4, 0.5) is 4.39 Å². The number of hydrogen-bond acceptors (Lipinski definition) is 2. The second-order valence-corrected chi connectivity index (χ2v) is 5.79. The summed E-state index contributed by atoms with van der Waals surface area (Å²) in [5.41, 5.74) is 2.07. The van der Waals surface area contributed by atoms with E-state index in [-0.39, 0.29) is 12.2 Å². The molecule has 0 aliphatic carbocycles. The Bertz CT molecular complexity index is 785. The summed E-state index contributed by atoms with van der Waals surface area (Å²) in [5.74, 6) is -0.310. The van der Waals surface area contributed by atoms with E-state index in [2.05, 4.69) is 20.9 Å². The summed E-state index contributed by atoms with van der Waals surface area (Å²) in [6.45, 7) is 0. The van der Waals surface area contributed by atoms with Gasteiger partial charge in [-0.15, -0.1) is 0 Å². The lowest BCUT2D eigenvalue weighted by atomic mass is 9.98. The normalized spacial score (nSPS) is 12.5. The van der Waals surface area contributed by atoms with E-state index in [4.69, 9.17) is 0 Å². The van der Waals surface area contributed by atoms with Crippen LogP contribution < -0.4 is 0 Å². The maximum absolute atomic E-state index is 13.8. The molecule has 1 unspecified atom stereocenters. The number of rotatable bonds is 3. The highest BCUT2D eigenvalue weighted by Crippen LogP contribution is 2.27. The Morgan fingerprint density at radius 2 is 1.95 bits per heavy atom. The molecule has 0 bridgehead atoms. The first kappa shape index (κ1) is 14.2. The smallest absolute Gasteiger partial charge is 0.126 e. The van der Waals surface area contributed by atoms with E-state index in [1.807, 2.05) is 24.3 Å². The van der Waals surface area contributed by atoms with Crippen molar-refractivity contribution in [3.8, 4) is 0 Å². The van der Waals surface area contributed by atoms with E-state index in [0.717, 1.165) is 20.9 Å². The summed E-state index contributed by atoms with van der Waals surface area (Å²) in [6.07, 6.45) is 1.11. The molecule has 3 aromatic rings. The molecule has 1 heterocycles. The monoisotopic (exact) mass is 345 g/mol. The number of aromatic nitrogens is 1. The van der Waals surface area contributed by atoms with Crippen molar-refractivity contribution in [3.05, 3.63) is 76.1 Å². The summed E-state index contributed by atoms with van der Waals surface area (Å²) < 4.78 is 14.6. The minimum atomic E-state index is -0.776. The highest BCUT2D eigenvalue weighted by molar-refractivity contribution is 9.10. The van der Waals surface area contributed by atoms with E-state index >= 15 is 0 Å².